The van der Waals surface area contributed by atoms with E-state index < -0.39 is 0 Å². The van der Waals surface area contributed by atoms with Crippen molar-refractivity contribution in [3.05, 3.63) is 23.8 Å². The van der Waals surface area contributed by atoms with Crippen LogP contribution in [0.4, 0.5) is 0 Å². The van der Waals surface area contributed by atoms with E-state index in [-0.39, 0.29) is 23.7 Å². The molecule has 1 N–H and O–H groups in total. The maximum atomic E-state index is 12.8. The summed E-state index contributed by atoms with van der Waals surface area (Å²) in [6.45, 7) is 0. The lowest BCUT2D eigenvalue weighted by atomic mass is 10.0. The van der Waals surface area contributed by atoms with E-state index in [1.54, 1.807) is 18.2 Å². The van der Waals surface area contributed by atoms with Crippen LogP contribution in [0, 0.1) is 0 Å². The number of fused-ring (bicyclic) bond motifs is 2. The number of amides is 1. The van der Waals surface area contributed by atoms with Crippen LogP contribution in [0.1, 0.15) is 36.0 Å². The molecule has 0 radical (unpaired) electrons. The van der Waals surface area contributed by atoms with Crippen LogP contribution in [-0.4, -0.2) is 39.9 Å². The Morgan fingerprint density at radius 3 is 2.60 bits per heavy atom. The van der Waals surface area contributed by atoms with Crippen molar-refractivity contribution in [2.24, 2.45) is 0 Å². The summed E-state index contributed by atoms with van der Waals surface area (Å²) in [5.41, 5.74) is 0.342. The number of hydrogen-bond acceptors (Lipinski definition) is 3. The van der Waals surface area contributed by atoms with Crippen LogP contribution in [0.25, 0.3) is 0 Å². The number of phenolic OH excluding ortho intramolecular Hbond substituents is 1. The number of aromatic hydroxyl groups is 1. The Morgan fingerprint density at radius 2 is 2.00 bits per heavy atom. The van der Waals surface area contributed by atoms with Crippen LogP contribution < -0.4 is 4.74 Å². The quantitative estimate of drug-likeness (QED) is 0.843. The molecule has 2 atom stereocenters. The van der Waals surface area contributed by atoms with Crippen molar-refractivity contribution in [2.75, 3.05) is 7.11 Å². The number of methoxy groups -OCH3 is 1. The molecule has 0 aromatic heterocycles. The lowest BCUT2D eigenvalue weighted by Gasteiger charge is -2.37. The van der Waals surface area contributed by atoms with Gasteiger partial charge in [-0.3, -0.25) is 4.79 Å². The zero-order valence-corrected chi connectivity index (χ0v) is 13.0. The van der Waals surface area contributed by atoms with E-state index in [1.165, 1.54) is 7.11 Å². The zero-order valence-electron chi connectivity index (χ0n) is 11.4. The third kappa shape index (κ3) is 2.18. The first-order chi connectivity index (χ1) is 9.61. The van der Waals surface area contributed by atoms with Gasteiger partial charge in [0.2, 0.25) is 0 Å². The van der Waals surface area contributed by atoms with Crippen LogP contribution in [-0.2, 0) is 0 Å². The molecule has 1 aromatic rings. The lowest BCUT2D eigenvalue weighted by Crippen LogP contribution is -2.46. The standard InChI is InChI=1S/C15H18BrNO3/c1-20-13-4-2-3-12(14(13)18)15(19)17-10-5-6-11(17)8-9(16)7-10/h2-4,9-11,18H,5-8H2,1H3. The fraction of sp³-hybridized carbons (Fsp3) is 0.533. The van der Waals surface area contributed by atoms with Crippen molar-refractivity contribution in [3.63, 3.8) is 0 Å². The molecule has 4 nitrogen and oxygen atoms in total. The fourth-order valence-corrected chi connectivity index (χ4v) is 4.30. The number of piperidine rings is 1. The van der Waals surface area contributed by atoms with Crippen LogP contribution in [0.3, 0.4) is 0 Å². The van der Waals surface area contributed by atoms with Crippen LogP contribution >= 0.6 is 15.9 Å². The number of rotatable bonds is 2. The molecule has 2 fully saturated rings. The van der Waals surface area contributed by atoms with Gasteiger partial charge in [-0.25, -0.2) is 0 Å². The highest BCUT2D eigenvalue weighted by atomic mass is 79.9. The van der Waals surface area contributed by atoms with Gasteiger partial charge in [0.1, 0.15) is 0 Å². The number of nitrogens with zero attached hydrogens (tertiary/aromatic N) is 1. The molecule has 2 saturated heterocycles. The maximum absolute atomic E-state index is 12.8. The molecule has 2 aliphatic heterocycles. The van der Waals surface area contributed by atoms with Crippen molar-refractivity contribution < 1.29 is 14.6 Å². The Morgan fingerprint density at radius 1 is 1.35 bits per heavy atom. The summed E-state index contributed by atoms with van der Waals surface area (Å²) in [5.74, 6) is 0.215. The number of carbonyl (C=O) groups excluding carboxylic acids is 1. The van der Waals surface area contributed by atoms with Crippen LogP contribution in [0.5, 0.6) is 11.5 Å². The molecule has 2 aliphatic rings. The van der Waals surface area contributed by atoms with Gasteiger partial charge in [-0.05, 0) is 37.8 Å². The summed E-state index contributed by atoms with van der Waals surface area (Å²) in [6, 6.07) is 5.64. The number of carbonyl (C=O) groups is 1. The van der Waals surface area contributed by atoms with E-state index in [2.05, 4.69) is 15.9 Å². The van der Waals surface area contributed by atoms with Gasteiger partial charge in [-0.1, -0.05) is 22.0 Å². The van der Waals surface area contributed by atoms with Gasteiger partial charge >= 0.3 is 0 Å². The molecule has 2 bridgehead atoms. The molecule has 5 heteroatoms. The first-order valence-electron chi connectivity index (χ1n) is 6.94. The number of alkyl halides is 1. The normalized spacial score (nSPS) is 28.5. The van der Waals surface area contributed by atoms with Crippen molar-refractivity contribution in [3.8, 4) is 11.5 Å². The van der Waals surface area contributed by atoms with Gasteiger partial charge in [0.25, 0.3) is 5.91 Å². The van der Waals surface area contributed by atoms with Gasteiger partial charge in [-0.2, -0.15) is 0 Å². The highest BCUT2D eigenvalue weighted by Gasteiger charge is 2.43. The molecule has 1 amide bonds. The number of benzene rings is 1. The molecule has 20 heavy (non-hydrogen) atoms. The Labute approximate surface area is 126 Å². The summed E-state index contributed by atoms with van der Waals surface area (Å²) >= 11 is 3.67. The van der Waals surface area contributed by atoms with Crippen molar-refractivity contribution in [1.29, 1.82) is 0 Å². The molecule has 2 unspecified atom stereocenters. The largest absolute Gasteiger partial charge is 0.504 e. The minimum Gasteiger partial charge on any atom is -0.504 e. The van der Waals surface area contributed by atoms with Crippen molar-refractivity contribution >= 4 is 21.8 Å². The average molecular weight is 340 g/mol. The lowest BCUT2D eigenvalue weighted by molar-refractivity contribution is 0.0600. The minimum atomic E-state index is -0.0756. The Kier molecular flexibility index (Phi) is 3.63. The molecule has 0 spiro atoms. The second kappa shape index (κ2) is 5.28. The predicted molar refractivity (Wildman–Crippen MR) is 79.6 cm³/mol. The smallest absolute Gasteiger partial charge is 0.258 e. The Bertz CT molecular complexity index is 520. The number of phenols is 1. The van der Waals surface area contributed by atoms with E-state index in [4.69, 9.17) is 4.74 Å². The second-order valence-corrected chi connectivity index (χ2v) is 6.82. The Hall–Kier alpha value is -1.23. The molecule has 3 rings (SSSR count). The van der Waals surface area contributed by atoms with Crippen molar-refractivity contribution in [1.82, 2.24) is 4.90 Å². The third-order valence-electron chi connectivity index (χ3n) is 4.36. The minimum absolute atomic E-state index is 0.0552. The topological polar surface area (TPSA) is 49.8 Å². The summed E-state index contributed by atoms with van der Waals surface area (Å²) in [6.07, 6.45) is 4.10. The fourth-order valence-electron chi connectivity index (χ4n) is 3.44. The van der Waals surface area contributed by atoms with Gasteiger partial charge < -0.3 is 14.7 Å². The van der Waals surface area contributed by atoms with Gasteiger partial charge in [0.15, 0.2) is 11.5 Å². The third-order valence-corrected chi connectivity index (χ3v) is 5.11. The summed E-state index contributed by atoms with van der Waals surface area (Å²) in [4.78, 5) is 15.2. The average Bonchev–Trinajstić information content (AvgIpc) is 2.70. The van der Waals surface area contributed by atoms with Crippen LogP contribution in [0.15, 0.2) is 18.2 Å². The van der Waals surface area contributed by atoms with Crippen LogP contribution in [0.2, 0.25) is 0 Å². The van der Waals surface area contributed by atoms with E-state index in [0.29, 0.717) is 16.1 Å². The predicted octanol–water partition coefficient (Wildman–Crippen LogP) is 2.93. The van der Waals surface area contributed by atoms with E-state index in [9.17, 15) is 9.90 Å². The number of halogens is 1. The van der Waals surface area contributed by atoms with E-state index >= 15 is 0 Å². The number of para-hydroxylation sites is 1. The highest BCUT2D eigenvalue weighted by Crippen LogP contribution is 2.40. The molecule has 2 heterocycles. The molecule has 1 aromatic carbocycles. The van der Waals surface area contributed by atoms with E-state index in [1.807, 2.05) is 4.90 Å². The Balaban J connectivity index is 1.90. The SMILES string of the molecule is COc1cccc(C(=O)N2C3CCC2CC(Br)C3)c1O. The summed E-state index contributed by atoms with van der Waals surface area (Å²) in [7, 11) is 1.49. The zero-order chi connectivity index (χ0) is 14.3. The first kappa shape index (κ1) is 13.7. The van der Waals surface area contributed by atoms with Gasteiger partial charge in [0, 0.05) is 16.9 Å². The van der Waals surface area contributed by atoms with Crippen molar-refractivity contribution in [2.45, 2.75) is 42.6 Å². The molecule has 0 saturated carbocycles. The molecule has 108 valence electrons. The molecular weight excluding hydrogens is 322 g/mol. The monoisotopic (exact) mass is 339 g/mol. The van der Waals surface area contributed by atoms with Gasteiger partial charge in [0.05, 0.1) is 12.7 Å². The first-order valence-corrected chi connectivity index (χ1v) is 7.86. The number of hydrogen-bond donors (Lipinski definition) is 1. The summed E-state index contributed by atoms with van der Waals surface area (Å²) in [5, 5.41) is 10.2. The second-order valence-electron chi connectivity index (χ2n) is 5.52. The maximum Gasteiger partial charge on any atom is 0.258 e. The molecular formula is C15H18BrNO3. The van der Waals surface area contributed by atoms with Gasteiger partial charge in [-0.15, -0.1) is 0 Å². The van der Waals surface area contributed by atoms with E-state index in [0.717, 1.165) is 25.7 Å². The summed E-state index contributed by atoms with van der Waals surface area (Å²) < 4.78 is 5.08. The highest BCUT2D eigenvalue weighted by molar-refractivity contribution is 9.09. The molecule has 0 aliphatic carbocycles. The number of ether oxygens (including phenoxy) is 1.